The first-order valence-corrected chi connectivity index (χ1v) is 10.9. The Balaban J connectivity index is 1.46. The second-order valence-electron chi connectivity index (χ2n) is 7.04. The molecule has 0 heterocycles. The minimum Gasteiger partial charge on any atom is -0.488 e. The number of nitrogens with one attached hydrogen (secondary N) is 1. The summed E-state index contributed by atoms with van der Waals surface area (Å²) in [6.07, 6.45) is 1.59. The summed E-state index contributed by atoms with van der Waals surface area (Å²) in [6, 6.07) is 29.1. The zero-order valence-electron chi connectivity index (χ0n) is 17.2. The van der Waals surface area contributed by atoms with Crippen molar-refractivity contribution in [2.75, 3.05) is 11.9 Å². The van der Waals surface area contributed by atoms with E-state index >= 15 is 0 Å². The number of fused-ring (bicyclic) bond motifs is 1. The van der Waals surface area contributed by atoms with Crippen LogP contribution in [0.1, 0.15) is 11.1 Å². The maximum Gasteiger partial charge on any atom is 0.265 e. The topological polar surface area (TPSA) is 59.9 Å². The van der Waals surface area contributed by atoms with Crippen molar-refractivity contribution in [3.05, 3.63) is 107 Å². The van der Waals surface area contributed by atoms with Crippen molar-refractivity contribution < 1.29 is 14.4 Å². The lowest BCUT2D eigenvalue weighted by atomic mass is 10.0. The average molecular weight is 489 g/mol. The highest BCUT2D eigenvalue weighted by molar-refractivity contribution is 9.10. The van der Waals surface area contributed by atoms with Gasteiger partial charge in [0.2, 0.25) is 0 Å². The Hall–Kier alpha value is -3.64. The molecule has 1 N–H and O–H groups in total. The fraction of sp³-hybridized carbons (Fsp3) is 0.0769. The number of ether oxygens (including phenoxy) is 1. The summed E-state index contributed by atoms with van der Waals surface area (Å²) in [6.45, 7) is 0.234. The van der Waals surface area contributed by atoms with Crippen molar-refractivity contribution in [3.8, 4) is 5.75 Å². The van der Waals surface area contributed by atoms with Crippen LogP contribution in [0.3, 0.4) is 0 Å². The van der Waals surface area contributed by atoms with Gasteiger partial charge in [-0.1, -0.05) is 81.7 Å². The summed E-state index contributed by atoms with van der Waals surface area (Å²) in [5.74, 6) is 0.408. The van der Waals surface area contributed by atoms with Gasteiger partial charge in [0.25, 0.3) is 5.91 Å². The Morgan fingerprint density at radius 2 is 1.66 bits per heavy atom. The van der Waals surface area contributed by atoms with Gasteiger partial charge in [-0.3, -0.25) is 4.79 Å². The number of amides is 1. The number of hydrogen-bond donors (Lipinski definition) is 1. The van der Waals surface area contributed by atoms with E-state index in [-0.39, 0.29) is 12.5 Å². The molecular formula is C26H21BrN2O3. The summed E-state index contributed by atoms with van der Waals surface area (Å²) in [5.41, 5.74) is 2.56. The van der Waals surface area contributed by atoms with Crippen molar-refractivity contribution in [1.82, 2.24) is 0 Å². The van der Waals surface area contributed by atoms with Gasteiger partial charge in [-0.25, -0.2) is 0 Å². The van der Waals surface area contributed by atoms with Gasteiger partial charge < -0.3 is 14.9 Å². The number of nitrogens with zero attached hydrogens (tertiary/aromatic N) is 1. The molecule has 0 saturated carbocycles. The SMILES string of the molecule is O=C(CO/N=C/c1c(OCc2ccc(Br)cc2)ccc2ccccc12)Nc1ccccc1. The molecule has 0 bridgehead atoms. The Labute approximate surface area is 194 Å². The van der Waals surface area contributed by atoms with Crippen molar-refractivity contribution in [2.45, 2.75) is 6.61 Å². The van der Waals surface area contributed by atoms with E-state index in [0.717, 1.165) is 26.4 Å². The molecule has 4 aromatic rings. The molecule has 0 aliphatic rings. The second kappa shape index (κ2) is 10.6. The monoisotopic (exact) mass is 488 g/mol. The van der Waals surface area contributed by atoms with Crippen molar-refractivity contribution in [2.24, 2.45) is 5.16 Å². The van der Waals surface area contributed by atoms with Gasteiger partial charge in [-0.15, -0.1) is 0 Å². The number of hydrogen-bond acceptors (Lipinski definition) is 4. The predicted molar refractivity (Wildman–Crippen MR) is 131 cm³/mol. The normalized spacial score (nSPS) is 10.9. The van der Waals surface area contributed by atoms with E-state index in [9.17, 15) is 4.79 Å². The highest BCUT2D eigenvalue weighted by Crippen LogP contribution is 2.27. The largest absolute Gasteiger partial charge is 0.488 e. The molecule has 0 unspecified atom stereocenters. The minimum atomic E-state index is -0.280. The van der Waals surface area contributed by atoms with E-state index in [1.807, 2.05) is 91.0 Å². The lowest BCUT2D eigenvalue weighted by molar-refractivity contribution is -0.120. The number of para-hydroxylation sites is 1. The van der Waals surface area contributed by atoms with Crippen LogP contribution < -0.4 is 10.1 Å². The molecule has 0 radical (unpaired) electrons. The Morgan fingerprint density at radius 1 is 0.906 bits per heavy atom. The quantitative estimate of drug-likeness (QED) is 0.238. The highest BCUT2D eigenvalue weighted by Gasteiger charge is 2.08. The third-order valence-corrected chi connectivity index (χ3v) is 5.28. The Morgan fingerprint density at radius 3 is 2.47 bits per heavy atom. The number of benzene rings is 4. The first kappa shape index (κ1) is 21.6. The standard InChI is InChI=1S/C26H21BrN2O3/c27-21-13-10-19(11-14-21)17-31-25-15-12-20-6-4-5-9-23(20)24(25)16-28-32-18-26(30)29-22-7-2-1-3-8-22/h1-16H,17-18H2,(H,29,30)/b28-16+. The first-order valence-electron chi connectivity index (χ1n) is 10.1. The van der Waals surface area contributed by atoms with E-state index in [1.54, 1.807) is 6.21 Å². The second-order valence-corrected chi connectivity index (χ2v) is 7.95. The molecule has 0 atom stereocenters. The van der Waals surface area contributed by atoms with E-state index < -0.39 is 0 Å². The lowest BCUT2D eigenvalue weighted by Gasteiger charge is -2.12. The molecule has 0 aliphatic carbocycles. The summed E-state index contributed by atoms with van der Waals surface area (Å²) < 4.78 is 7.11. The molecule has 6 heteroatoms. The van der Waals surface area contributed by atoms with Crippen LogP contribution >= 0.6 is 15.9 Å². The third kappa shape index (κ3) is 5.74. The van der Waals surface area contributed by atoms with Crippen LogP contribution in [0.15, 0.2) is 101 Å². The molecule has 0 fully saturated rings. The minimum absolute atomic E-state index is 0.189. The maximum absolute atomic E-state index is 12.0. The number of carbonyl (C=O) groups is 1. The first-order chi connectivity index (χ1) is 15.7. The molecule has 4 aromatic carbocycles. The van der Waals surface area contributed by atoms with Gasteiger partial charge >= 0.3 is 0 Å². The van der Waals surface area contributed by atoms with Gasteiger partial charge in [-0.2, -0.15) is 0 Å². The van der Waals surface area contributed by atoms with Crippen LogP contribution in [0.4, 0.5) is 5.69 Å². The van der Waals surface area contributed by atoms with Crippen LogP contribution in [-0.2, 0) is 16.2 Å². The lowest BCUT2D eigenvalue weighted by Crippen LogP contribution is -2.16. The van der Waals surface area contributed by atoms with Gasteiger partial charge in [0, 0.05) is 15.7 Å². The zero-order valence-corrected chi connectivity index (χ0v) is 18.8. The molecule has 160 valence electrons. The van der Waals surface area contributed by atoms with Gasteiger partial charge in [0.15, 0.2) is 6.61 Å². The zero-order chi connectivity index (χ0) is 22.2. The summed E-state index contributed by atoms with van der Waals surface area (Å²) in [5, 5.41) is 8.84. The van der Waals surface area contributed by atoms with Crippen molar-refractivity contribution >= 4 is 44.5 Å². The van der Waals surface area contributed by atoms with E-state index in [4.69, 9.17) is 9.57 Å². The smallest absolute Gasteiger partial charge is 0.265 e. The molecule has 32 heavy (non-hydrogen) atoms. The van der Waals surface area contributed by atoms with Crippen LogP contribution in [0.25, 0.3) is 10.8 Å². The molecular weight excluding hydrogens is 468 g/mol. The van der Waals surface area contributed by atoms with Crippen LogP contribution in [0.5, 0.6) is 5.75 Å². The molecule has 0 aliphatic heterocycles. The maximum atomic E-state index is 12.0. The summed E-state index contributed by atoms with van der Waals surface area (Å²) in [7, 11) is 0. The predicted octanol–water partition coefficient (Wildman–Crippen LogP) is 6.17. The Bertz CT molecular complexity index is 1230. The van der Waals surface area contributed by atoms with Crippen LogP contribution in [0, 0.1) is 0 Å². The number of rotatable bonds is 8. The summed E-state index contributed by atoms with van der Waals surface area (Å²) >= 11 is 3.44. The molecule has 0 spiro atoms. The van der Waals surface area contributed by atoms with E-state index in [0.29, 0.717) is 18.0 Å². The molecule has 4 rings (SSSR count). The number of oxime groups is 1. The third-order valence-electron chi connectivity index (χ3n) is 4.75. The van der Waals surface area contributed by atoms with E-state index in [2.05, 4.69) is 26.4 Å². The highest BCUT2D eigenvalue weighted by atomic mass is 79.9. The van der Waals surface area contributed by atoms with Crippen LogP contribution in [0.2, 0.25) is 0 Å². The van der Waals surface area contributed by atoms with Crippen molar-refractivity contribution in [1.29, 1.82) is 0 Å². The van der Waals surface area contributed by atoms with Crippen molar-refractivity contribution in [3.63, 3.8) is 0 Å². The number of halogens is 1. The van der Waals surface area contributed by atoms with E-state index in [1.165, 1.54) is 0 Å². The summed E-state index contributed by atoms with van der Waals surface area (Å²) in [4.78, 5) is 17.3. The molecule has 1 amide bonds. The average Bonchev–Trinajstić information content (AvgIpc) is 2.82. The fourth-order valence-electron chi connectivity index (χ4n) is 3.18. The number of carbonyl (C=O) groups excluding carboxylic acids is 1. The van der Waals surface area contributed by atoms with Gasteiger partial charge in [0.1, 0.15) is 12.4 Å². The number of anilines is 1. The van der Waals surface area contributed by atoms with Crippen LogP contribution in [-0.4, -0.2) is 18.7 Å². The van der Waals surface area contributed by atoms with Gasteiger partial charge in [0.05, 0.1) is 6.21 Å². The fourth-order valence-corrected chi connectivity index (χ4v) is 3.45. The molecule has 0 saturated heterocycles. The molecule has 5 nitrogen and oxygen atoms in total. The Kier molecular flexibility index (Phi) is 7.15. The van der Waals surface area contributed by atoms with Gasteiger partial charge in [-0.05, 0) is 46.7 Å². The molecule has 0 aromatic heterocycles.